The molecule has 0 N–H and O–H groups in total. The van der Waals surface area contributed by atoms with E-state index in [-0.39, 0.29) is 0 Å². The van der Waals surface area contributed by atoms with Crippen LogP contribution in [0.15, 0.2) is 140 Å². The summed E-state index contributed by atoms with van der Waals surface area (Å²) in [6.45, 7) is 0. The average molecular weight is 594 g/mol. The molecule has 0 saturated heterocycles. The molecule has 10 rings (SSSR count). The van der Waals surface area contributed by atoms with Crippen LogP contribution in [0.25, 0.3) is 70.4 Å². The Hall–Kier alpha value is -5.85. The molecule has 6 aromatic carbocycles. The molecule has 4 heterocycles. The Bertz CT molecular complexity index is 2550. The van der Waals surface area contributed by atoms with Gasteiger partial charge in [0.15, 0.2) is 11.6 Å². The molecule has 0 amide bonds. The maximum Gasteiger partial charge on any atom is 0.238 e. The minimum atomic E-state index is 0.589. The summed E-state index contributed by atoms with van der Waals surface area (Å²) in [6, 6.07) is 48.7. The fraction of sp³-hybridized carbons (Fsp3) is 0. The van der Waals surface area contributed by atoms with Gasteiger partial charge in [-0.3, -0.25) is 4.90 Å². The minimum Gasteiger partial charge on any atom is -0.305 e. The summed E-state index contributed by atoms with van der Waals surface area (Å²) in [4.78, 5) is 17.4. The molecule has 0 spiro atoms. The average Bonchev–Trinajstić information content (AvgIpc) is 3.66. The van der Waals surface area contributed by atoms with Gasteiger partial charge in [-0.15, -0.1) is 11.3 Å². The van der Waals surface area contributed by atoms with Gasteiger partial charge in [-0.1, -0.05) is 109 Å². The van der Waals surface area contributed by atoms with Gasteiger partial charge in [0.2, 0.25) is 5.95 Å². The molecule has 0 unspecified atom stereocenters. The van der Waals surface area contributed by atoms with E-state index in [0.29, 0.717) is 17.6 Å². The Morgan fingerprint density at radius 3 is 1.84 bits per heavy atom. The first-order chi connectivity index (χ1) is 22.3. The van der Waals surface area contributed by atoms with Crippen molar-refractivity contribution in [3.05, 3.63) is 140 Å². The summed E-state index contributed by atoms with van der Waals surface area (Å²) < 4.78 is 5.05. The fourth-order valence-electron chi connectivity index (χ4n) is 6.83. The van der Waals surface area contributed by atoms with E-state index in [9.17, 15) is 0 Å². The molecule has 5 nitrogen and oxygen atoms in total. The monoisotopic (exact) mass is 593 g/mol. The Balaban J connectivity index is 1.31. The number of para-hydroxylation sites is 3. The summed E-state index contributed by atoms with van der Waals surface area (Å²) in [6.07, 6.45) is 0. The number of aromatic nitrogens is 4. The summed E-state index contributed by atoms with van der Waals surface area (Å²) in [5.74, 6) is 1.87. The van der Waals surface area contributed by atoms with Crippen molar-refractivity contribution in [2.75, 3.05) is 4.90 Å². The predicted octanol–water partition coefficient (Wildman–Crippen LogP) is 10.5. The van der Waals surface area contributed by atoms with Crippen molar-refractivity contribution in [1.82, 2.24) is 19.5 Å². The number of benzene rings is 6. The van der Waals surface area contributed by atoms with Gasteiger partial charge in [0.05, 0.1) is 28.1 Å². The molecule has 0 aliphatic carbocycles. The van der Waals surface area contributed by atoms with Crippen LogP contribution in [0.4, 0.5) is 17.3 Å². The highest BCUT2D eigenvalue weighted by Gasteiger charge is 2.31. The summed E-state index contributed by atoms with van der Waals surface area (Å²) in [5, 5.41) is 5.11. The molecule has 0 fully saturated rings. The van der Waals surface area contributed by atoms with Gasteiger partial charge < -0.3 is 4.57 Å². The van der Waals surface area contributed by atoms with E-state index in [1.807, 2.05) is 72.0 Å². The molecule has 1 aliphatic rings. The maximum absolute atomic E-state index is 5.14. The van der Waals surface area contributed by atoms with Gasteiger partial charge in [-0.25, -0.2) is 4.98 Å². The van der Waals surface area contributed by atoms with Crippen LogP contribution in [0.3, 0.4) is 0 Å². The largest absolute Gasteiger partial charge is 0.305 e. The highest BCUT2D eigenvalue weighted by Crippen LogP contribution is 2.51. The van der Waals surface area contributed by atoms with Crippen molar-refractivity contribution in [3.63, 3.8) is 0 Å². The van der Waals surface area contributed by atoms with E-state index >= 15 is 0 Å². The van der Waals surface area contributed by atoms with Crippen molar-refractivity contribution in [3.8, 4) is 28.5 Å². The van der Waals surface area contributed by atoms with Crippen molar-refractivity contribution < 1.29 is 0 Å². The first kappa shape index (κ1) is 24.6. The number of nitrogens with zero attached hydrogens (tertiary/aromatic N) is 5. The standard InChI is InChI=1S/C39H23N5S/c1-3-12-24(13-4-1)37-40-38(25-14-5-2-6-15-25)42-39(41-37)44-30-19-9-8-18-29(30)43-31-23-22-27-26-16-7-10-21-33(26)45-36(27)34(31)28-17-11-20-32(44)35(28)43/h1-23H. The van der Waals surface area contributed by atoms with Crippen LogP contribution in [0.2, 0.25) is 0 Å². The first-order valence-corrected chi connectivity index (χ1v) is 15.8. The lowest BCUT2D eigenvalue weighted by molar-refractivity contribution is 1.00. The Kier molecular flexibility index (Phi) is 5.09. The molecular weight excluding hydrogens is 571 g/mol. The number of hydrogen-bond donors (Lipinski definition) is 0. The topological polar surface area (TPSA) is 46.8 Å². The molecule has 9 aromatic rings. The first-order valence-electron chi connectivity index (χ1n) is 15.0. The van der Waals surface area contributed by atoms with E-state index in [1.54, 1.807) is 0 Å². The lowest BCUT2D eigenvalue weighted by atomic mass is 10.1. The predicted molar refractivity (Wildman–Crippen MR) is 186 cm³/mol. The number of thiophene rings is 1. The van der Waals surface area contributed by atoms with Crippen molar-refractivity contribution in [2.45, 2.75) is 0 Å². The highest BCUT2D eigenvalue weighted by atomic mass is 32.1. The number of hydrogen-bond acceptors (Lipinski definition) is 5. The zero-order valence-electron chi connectivity index (χ0n) is 23.9. The number of rotatable bonds is 3. The molecule has 1 aliphatic heterocycles. The van der Waals surface area contributed by atoms with E-state index in [4.69, 9.17) is 15.0 Å². The molecule has 3 aromatic heterocycles. The third-order valence-corrected chi connectivity index (χ3v) is 9.97. The van der Waals surface area contributed by atoms with Gasteiger partial charge in [-0.05, 0) is 30.3 Å². The van der Waals surface area contributed by atoms with Gasteiger partial charge in [0.1, 0.15) is 0 Å². The minimum absolute atomic E-state index is 0.589. The number of anilines is 3. The van der Waals surface area contributed by atoms with E-state index < -0.39 is 0 Å². The maximum atomic E-state index is 5.14. The second kappa shape index (κ2) is 9.32. The van der Waals surface area contributed by atoms with Crippen LogP contribution in [0.1, 0.15) is 0 Å². The quantitative estimate of drug-likeness (QED) is 0.204. The van der Waals surface area contributed by atoms with E-state index in [0.717, 1.165) is 33.7 Å². The molecule has 210 valence electrons. The fourth-order valence-corrected chi connectivity index (χ4v) is 8.09. The number of fused-ring (bicyclic) bond motifs is 9. The van der Waals surface area contributed by atoms with Crippen molar-refractivity contribution in [1.29, 1.82) is 0 Å². The lowest BCUT2D eigenvalue weighted by Gasteiger charge is -2.31. The molecule has 0 atom stereocenters. The second-order valence-electron chi connectivity index (χ2n) is 11.3. The molecule has 6 heteroatoms. The summed E-state index contributed by atoms with van der Waals surface area (Å²) in [5.41, 5.74) is 7.41. The zero-order chi connectivity index (χ0) is 29.5. The lowest BCUT2D eigenvalue weighted by Crippen LogP contribution is -2.21. The zero-order valence-corrected chi connectivity index (χ0v) is 24.7. The summed E-state index contributed by atoms with van der Waals surface area (Å²) >= 11 is 1.87. The Morgan fingerprint density at radius 1 is 0.467 bits per heavy atom. The van der Waals surface area contributed by atoms with Crippen LogP contribution in [-0.2, 0) is 0 Å². The third kappa shape index (κ3) is 3.51. The molecule has 0 radical (unpaired) electrons. The Morgan fingerprint density at radius 2 is 1.09 bits per heavy atom. The van der Waals surface area contributed by atoms with E-state index in [1.165, 1.54) is 36.5 Å². The smallest absolute Gasteiger partial charge is 0.238 e. The molecule has 0 bridgehead atoms. The van der Waals surface area contributed by atoms with Crippen LogP contribution in [0.5, 0.6) is 0 Å². The van der Waals surface area contributed by atoms with Gasteiger partial charge in [0, 0.05) is 42.1 Å². The normalized spacial score (nSPS) is 12.4. The molecule has 45 heavy (non-hydrogen) atoms. The SMILES string of the molecule is c1ccc(-c2nc(-c3ccccc3)nc(N3c4ccccc4-n4c5ccc6c7ccccc7sc6c5c5cccc3c54)n2)cc1. The van der Waals surface area contributed by atoms with E-state index in [2.05, 4.69) is 88.3 Å². The van der Waals surface area contributed by atoms with Crippen LogP contribution in [-0.4, -0.2) is 19.5 Å². The van der Waals surface area contributed by atoms with Gasteiger partial charge >= 0.3 is 0 Å². The van der Waals surface area contributed by atoms with Crippen LogP contribution in [0, 0.1) is 0 Å². The van der Waals surface area contributed by atoms with Crippen LogP contribution >= 0.6 is 11.3 Å². The van der Waals surface area contributed by atoms with Crippen molar-refractivity contribution in [2.24, 2.45) is 0 Å². The molecule has 0 saturated carbocycles. The second-order valence-corrected chi connectivity index (χ2v) is 12.3. The van der Waals surface area contributed by atoms with Crippen LogP contribution < -0.4 is 4.90 Å². The molecular formula is C39H23N5S. The third-order valence-electron chi connectivity index (χ3n) is 8.77. The summed E-state index contributed by atoms with van der Waals surface area (Å²) in [7, 11) is 0. The van der Waals surface area contributed by atoms with Gasteiger partial charge in [-0.2, -0.15) is 9.97 Å². The highest BCUT2D eigenvalue weighted by molar-refractivity contribution is 7.26. The van der Waals surface area contributed by atoms with Crippen molar-refractivity contribution >= 4 is 70.6 Å². The van der Waals surface area contributed by atoms with Gasteiger partial charge in [0.25, 0.3) is 0 Å². The Labute approximate surface area is 262 Å².